The van der Waals surface area contributed by atoms with Gasteiger partial charge in [-0.2, -0.15) is 0 Å². The Labute approximate surface area is 94.6 Å². The average molecular weight is 224 g/mol. The van der Waals surface area contributed by atoms with Crippen molar-refractivity contribution in [2.75, 3.05) is 17.7 Å². The van der Waals surface area contributed by atoms with Crippen molar-refractivity contribution < 1.29 is 4.79 Å². The Bertz CT molecular complexity index is 376. The van der Waals surface area contributed by atoms with Crippen molar-refractivity contribution >= 4 is 23.1 Å². The highest BCUT2D eigenvalue weighted by atomic mass is 35.5. The summed E-state index contributed by atoms with van der Waals surface area (Å²) in [4.78, 5) is 11.6. The average Bonchev–Trinajstić information content (AvgIpc) is 2.29. The summed E-state index contributed by atoms with van der Waals surface area (Å²) in [6.45, 7) is 1.03. The second-order valence-electron chi connectivity index (χ2n) is 3.76. The lowest BCUT2D eigenvalue weighted by molar-refractivity contribution is 0.0989. The molecule has 1 aliphatic heterocycles. The van der Waals surface area contributed by atoms with Gasteiger partial charge < -0.3 is 5.32 Å². The van der Waals surface area contributed by atoms with Gasteiger partial charge >= 0.3 is 0 Å². The number of benzene rings is 1. The number of carbonyl (C=O) groups excluding carboxylic acids is 1. The third kappa shape index (κ3) is 2.32. The number of fused-ring (bicyclic) bond motifs is 1. The van der Waals surface area contributed by atoms with E-state index < -0.39 is 0 Å². The Morgan fingerprint density at radius 1 is 1.47 bits per heavy atom. The predicted octanol–water partition coefficient (Wildman–Crippen LogP) is 2.86. The van der Waals surface area contributed by atoms with Crippen LogP contribution in [0.5, 0.6) is 0 Å². The molecule has 1 aromatic rings. The summed E-state index contributed by atoms with van der Waals surface area (Å²) in [6.07, 6.45) is 2.62. The fourth-order valence-electron chi connectivity index (χ4n) is 1.88. The van der Waals surface area contributed by atoms with Gasteiger partial charge in [0.15, 0.2) is 5.78 Å². The number of hydrogen-bond donors (Lipinski definition) is 1. The van der Waals surface area contributed by atoms with E-state index in [0.29, 0.717) is 12.3 Å². The molecule has 1 heterocycles. The molecule has 0 saturated heterocycles. The quantitative estimate of drug-likeness (QED) is 0.631. The van der Waals surface area contributed by atoms with Crippen LogP contribution in [0.4, 0.5) is 5.69 Å². The molecule has 15 heavy (non-hydrogen) atoms. The summed E-state index contributed by atoms with van der Waals surface area (Å²) in [5.41, 5.74) is 3.21. The molecular weight excluding hydrogens is 210 g/mol. The topological polar surface area (TPSA) is 29.1 Å². The van der Waals surface area contributed by atoms with Gasteiger partial charge in [0, 0.05) is 30.1 Å². The van der Waals surface area contributed by atoms with E-state index in [-0.39, 0.29) is 5.78 Å². The molecule has 0 fully saturated rings. The van der Waals surface area contributed by atoms with Gasteiger partial charge in [-0.3, -0.25) is 4.79 Å². The normalized spacial score (nSPS) is 14.2. The first-order valence-electron chi connectivity index (χ1n) is 5.27. The fraction of sp³-hybridized carbons (Fsp3) is 0.417. The molecular formula is C12H14ClNO. The molecule has 2 rings (SSSR count). The number of anilines is 1. The number of aryl methyl sites for hydroxylation is 1. The monoisotopic (exact) mass is 223 g/mol. The van der Waals surface area contributed by atoms with Crippen molar-refractivity contribution in [3.05, 3.63) is 29.3 Å². The van der Waals surface area contributed by atoms with Crippen molar-refractivity contribution in [2.45, 2.75) is 19.3 Å². The molecule has 0 aromatic heterocycles. The smallest absolute Gasteiger partial charge is 0.164 e. The Balaban J connectivity index is 2.24. The molecule has 0 unspecified atom stereocenters. The Kier molecular flexibility index (Phi) is 3.27. The second-order valence-corrected chi connectivity index (χ2v) is 4.14. The minimum atomic E-state index is 0.137. The molecule has 80 valence electrons. The number of carbonyl (C=O) groups is 1. The maximum atomic E-state index is 11.6. The summed E-state index contributed by atoms with van der Waals surface area (Å²) in [6, 6.07) is 5.87. The van der Waals surface area contributed by atoms with Crippen LogP contribution in [0.2, 0.25) is 0 Å². The van der Waals surface area contributed by atoms with E-state index in [0.717, 1.165) is 24.9 Å². The van der Waals surface area contributed by atoms with Crippen LogP contribution in [0.3, 0.4) is 0 Å². The third-order valence-electron chi connectivity index (χ3n) is 2.69. The molecule has 0 bridgehead atoms. The van der Waals surface area contributed by atoms with Gasteiger partial charge in [-0.05, 0) is 36.6 Å². The van der Waals surface area contributed by atoms with Crippen LogP contribution in [0, 0.1) is 0 Å². The highest BCUT2D eigenvalue weighted by Crippen LogP contribution is 2.23. The van der Waals surface area contributed by atoms with Crippen LogP contribution in [-0.2, 0) is 6.42 Å². The molecule has 0 spiro atoms. The number of alkyl halides is 1. The van der Waals surface area contributed by atoms with Crippen LogP contribution in [0.1, 0.15) is 28.8 Å². The van der Waals surface area contributed by atoms with E-state index in [9.17, 15) is 4.79 Å². The lowest BCUT2D eigenvalue weighted by atomic mass is 9.98. The van der Waals surface area contributed by atoms with E-state index in [1.165, 1.54) is 11.3 Å². The van der Waals surface area contributed by atoms with E-state index in [4.69, 9.17) is 11.6 Å². The van der Waals surface area contributed by atoms with E-state index in [2.05, 4.69) is 5.32 Å². The molecule has 1 N–H and O–H groups in total. The Hall–Kier alpha value is -1.02. The van der Waals surface area contributed by atoms with Gasteiger partial charge in [0.1, 0.15) is 0 Å². The molecule has 1 aromatic carbocycles. The lowest BCUT2D eigenvalue weighted by Gasteiger charge is -2.18. The highest BCUT2D eigenvalue weighted by Gasteiger charge is 2.11. The standard InChI is InChI=1S/C12H14ClNO/c13-6-5-12(15)10-3-4-11-9(8-10)2-1-7-14-11/h3-4,8,14H,1-2,5-7H2. The number of Topliss-reactive ketones (excluding diaryl/α,β-unsaturated/α-hetero) is 1. The molecule has 0 saturated carbocycles. The lowest BCUT2D eigenvalue weighted by Crippen LogP contribution is -2.12. The van der Waals surface area contributed by atoms with Crippen molar-refractivity contribution in [1.82, 2.24) is 0 Å². The summed E-state index contributed by atoms with van der Waals surface area (Å²) in [5, 5.41) is 3.32. The number of halogens is 1. The highest BCUT2D eigenvalue weighted by molar-refractivity contribution is 6.19. The van der Waals surface area contributed by atoms with Crippen LogP contribution >= 0.6 is 11.6 Å². The first-order valence-corrected chi connectivity index (χ1v) is 5.80. The molecule has 3 heteroatoms. The van der Waals surface area contributed by atoms with Gasteiger partial charge in [0.2, 0.25) is 0 Å². The summed E-state index contributed by atoms with van der Waals surface area (Å²) in [5.74, 6) is 0.534. The maximum absolute atomic E-state index is 11.6. The molecule has 0 atom stereocenters. The van der Waals surface area contributed by atoms with E-state index in [1.54, 1.807) is 0 Å². The van der Waals surface area contributed by atoms with E-state index >= 15 is 0 Å². The Morgan fingerprint density at radius 3 is 3.13 bits per heavy atom. The van der Waals surface area contributed by atoms with Gasteiger partial charge in [-0.25, -0.2) is 0 Å². The number of rotatable bonds is 3. The van der Waals surface area contributed by atoms with Crippen LogP contribution in [-0.4, -0.2) is 18.2 Å². The molecule has 0 aliphatic carbocycles. The van der Waals surface area contributed by atoms with E-state index in [1.807, 2.05) is 18.2 Å². The molecule has 0 amide bonds. The molecule has 1 aliphatic rings. The van der Waals surface area contributed by atoms with Crippen molar-refractivity contribution in [1.29, 1.82) is 0 Å². The Morgan fingerprint density at radius 2 is 2.33 bits per heavy atom. The zero-order valence-corrected chi connectivity index (χ0v) is 9.31. The SMILES string of the molecule is O=C(CCCl)c1ccc2c(c1)CCCN2. The summed E-state index contributed by atoms with van der Waals surface area (Å²) >= 11 is 5.56. The maximum Gasteiger partial charge on any atom is 0.164 e. The second kappa shape index (κ2) is 4.67. The number of ketones is 1. The minimum Gasteiger partial charge on any atom is -0.385 e. The van der Waals surface area contributed by atoms with Crippen LogP contribution in [0.15, 0.2) is 18.2 Å². The van der Waals surface area contributed by atoms with Gasteiger partial charge in [-0.1, -0.05) is 0 Å². The zero-order valence-electron chi connectivity index (χ0n) is 8.55. The summed E-state index contributed by atoms with van der Waals surface area (Å²) < 4.78 is 0. The number of nitrogens with one attached hydrogen (secondary N) is 1. The zero-order chi connectivity index (χ0) is 10.7. The molecule has 2 nitrogen and oxygen atoms in total. The van der Waals surface area contributed by atoms with Crippen molar-refractivity contribution in [3.8, 4) is 0 Å². The van der Waals surface area contributed by atoms with Crippen LogP contribution in [0.25, 0.3) is 0 Å². The first-order chi connectivity index (χ1) is 7.31. The van der Waals surface area contributed by atoms with Gasteiger partial charge in [0.05, 0.1) is 0 Å². The van der Waals surface area contributed by atoms with Crippen molar-refractivity contribution in [2.24, 2.45) is 0 Å². The number of hydrogen-bond acceptors (Lipinski definition) is 2. The van der Waals surface area contributed by atoms with Gasteiger partial charge in [-0.15, -0.1) is 11.6 Å². The fourth-order valence-corrected chi connectivity index (χ4v) is 2.05. The van der Waals surface area contributed by atoms with Gasteiger partial charge in [0.25, 0.3) is 0 Å². The predicted molar refractivity (Wildman–Crippen MR) is 62.9 cm³/mol. The third-order valence-corrected chi connectivity index (χ3v) is 2.88. The largest absolute Gasteiger partial charge is 0.385 e. The minimum absolute atomic E-state index is 0.137. The summed E-state index contributed by atoms with van der Waals surface area (Å²) in [7, 11) is 0. The van der Waals surface area contributed by atoms with Crippen LogP contribution < -0.4 is 5.32 Å². The molecule has 0 radical (unpaired) electrons. The van der Waals surface area contributed by atoms with Crippen molar-refractivity contribution in [3.63, 3.8) is 0 Å². The first kappa shape index (κ1) is 10.5.